The number of benzene rings is 1. The monoisotopic (exact) mass is 510 g/mol. The van der Waals surface area contributed by atoms with E-state index in [0.717, 1.165) is 58.1 Å². The summed E-state index contributed by atoms with van der Waals surface area (Å²) in [7, 11) is 0. The largest absolute Gasteiger partial charge is 0.373 e. The Labute approximate surface area is 192 Å². The van der Waals surface area contributed by atoms with Crippen LogP contribution in [-0.2, 0) is 4.74 Å². The molecule has 0 radical (unpaired) electrons. The summed E-state index contributed by atoms with van der Waals surface area (Å²) in [6, 6.07) is 11.3. The maximum atomic E-state index is 6.09. The second-order valence-corrected chi connectivity index (χ2v) is 8.14. The summed E-state index contributed by atoms with van der Waals surface area (Å²) in [4.78, 5) is 9.95. The van der Waals surface area contributed by atoms with Crippen molar-refractivity contribution in [2.24, 2.45) is 4.99 Å². The molecule has 0 spiro atoms. The SMILES string of the molecule is CCNC(=NCC1CN2CCCC2CO1)N1CCC(=Cc2ccccc2)CC1.I. The zero-order chi connectivity index (χ0) is 19.2. The molecule has 0 amide bonds. The first kappa shape index (κ1) is 22.6. The molecule has 2 atom stereocenters. The molecular formula is C23H35IN4O. The van der Waals surface area contributed by atoms with Crippen LogP contribution in [0.15, 0.2) is 40.9 Å². The Morgan fingerprint density at radius 3 is 2.76 bits per heavy atom. The van der Waals surface area contributed by atoms with E-state index in [-0.39, 0.29) is 30.1 Å². The standard InChI is InChI=1S/C23H34N4O.HI/c1-2-24-23(25-16-22-17-27-12-6-9-21(27)18-28-22)26-13-10-20(11-14-26)15-19-7-4-3-5-8-19;/h3-5,7-8,15,21-22H,2,6,9-14,16-18H2,1H3,(H,24,25);1H. The summed E-state index contributed by atoms with van der Waals surface area (Å²) in [5, 5.41) is 3.49. The molecule has 3 heterocycles. The Morgan fingerprint density at radius 2 is 2.00 bits per heavy atom. The molecule has 4 rings (SSSR count). The number of hydrogen-bond acceptors (Lipinski definition) is 3. The van der Waals surface area contributed by atoms with Crippen LogP contribution >= 0.6 is 24.0 Å². The van der Waals surface area contributed by atoms with Gasteiger partial charge >= 0.3 is 0 Å². The predicted octanol–water partition coefficient (Wildman–Crippen LogP) is 3.61. The number of morpholine rings is 1. The average molecular weight is 510 g/mol. The molecule has 3 aliphatic heterocycles. The quantitative estimate of drug-likeness (QED) is 0.382. The first-order chi connectivity index (χ1) is 13.8. The number of fused-ring (bicyclic) bond motifs is 1. The van der Waals surface area contributed by atoms with E-state index in [4.69, 9.17) is 9.73 Å². The summed E-state index contributed by atoms with van der Waals surface area (Å²) in [6.45, 7) is 9.03. The maximum Gasteiger partial charge on any atom is 0.194 e. The van der Waals surface area contributed by atoms with E-state index in [2.05, 4.69) is 58.4 Å². The number of piperidine rings is 1. The van der Waals surface area contributed by atoms with Gasteiger partial charge in [0.1, 0.15) is 0 Å². The predicted molar refractivity (Wildman–Crippen MR) is 131 cm³/mol. The molecule has 5 nitrogen and oxygen atoms in total. The van der Waals surface area contributed by atoms with Gasteiger partial charge in [0.2, 0.25) is 0 Å². The molecule has 0 bridgehead atoms. The number of halogens is 1. The smallest absolute Gasteiger partial charge is 0.194 e. The molecule has 1 N–H and O–H groups in total. The molecule has 29 heavy (non-hydrogen) atoms. The number of nitrogens with zero attached hydrogens (tertiary/aromatic N) is 3. The van der Waals surface area contributed by atoms with Crippen LogP contribution in [-0.4, -0.2) is 73.8 Å². The first-order valence-electron chi connectivity index (χ1n) is 10.9. The molecule has 3 saturated heterocycles. The van der Waals surface area contributed by atoms with Crippen LogP contribution in [0.4, 0.5) is 0 Å². The Morgan fingerprint density at radius 1 is 1.21 bits per heavy atom. The van der Waals surface area contributed by atoms with Crippen LogP contribution in [0.2, 0.25) is 0 Å². The fourth-order valence-corrected chi connectivity index (χ4v) is 4.55. The van der Waals surface area contributed by atoms with Gasteiger partial charge in [-0.2, -0.15) is 0 Å². The van der Waals surface area contributed by atoms with Crippen molar-refractivity contribution in [1.82, 2.24) is 15.1 Å². The van der Waals surface area contributed by atoms with Crippen LogP contribution in [0.25, 0.3) is 6.08 Å². The van der Waals surface area contributed by atoms with Gasteiger partial charge in [-0.3, -0.25) is 9.89 Å². The molecule has 0 saturated carbocycles. The third-order valence-corrected chi connectivity index (χ3v) is 6.12. The van der Waals surface area contributed by atoms with Crippen molar-refractivity contribution in [3.8, 4) is 0 Å². The van der Waals surface area contributed by atoms with Crippen LogP contribution < -0.4 is 5.32 Å². The molecule has 3 fully saturated rings. The molecule has 0 aliphatic carbocycles. The third kappa shape index (κ3) is 6.18. The highest BCUT2D eigenvalue weighted by atomic mass is 127. The molecule has 0 aromatic heterocycles. The lowest BCUT2D eigenvalue weighted by atomic mass is 10.0. The first-order valence-corrected chi connectivity index (χ1v) is 10.9. The lowest BCUT2D eigenvalue weighted by Gasteiger charge is -2.35. The van der Waals surface area contributed by atoms with Crippen LogP contribution in [0.1, 0.15) is 38.2 Å². The third-order valence-electron chi connectivity index (χ3n) is 6.12. The summed E-state index contributed by atoms with van der Waals surface area (Å²) in [6.07, 6.45) is 7.42. The van der Waals surface area contributed by atoms with Crippen molar-refractivity contribution >= 4 is 36.0 Å². The molecule has 1 aromatic carbocycles. The summed E-state index contributed by atoms with van der Waals surface area (Å²) >= 11 is 0. The van der Waals surface area contributed by atoms with Crippen LogP contribution in [0, 0.1) is 0 Å². The van der Waals surface area contributed by atoms with Gasteiger partial charge in [0.15, 0.2) is 5.96 Å². The minimum absolute atomic E-state index is 0. The van der Waals surface area contributed by atoms with Crippen LogP contribution in [0.3, 0.4) is 0 Å². The van der Waals surface area contributed by atoms with Gasteiger partial charge in [-0.05, 0) is 44.7 Å². The van der Waals surface area contributed by atoms with Gasteiger partial charge in [0.05, 0.1) is 19.3 Å². The van der Waals surface area contributed by atoms with Crippen molar-refractivity contribution in [3.63, 3.8) is 0 Å². The molecule has 2 unspecified atom stereocenters. The Bertz CT molecular complexity index is 683. The Balaban J connectivity index is 0.00000240. The van der Waals surface area contributed by atoms with Crippen molar-refractivity contribution < 1.29 is 4.74 Å². The van der Waals surface area contributed by atoms with E-state index in [1.807, 2.05) is 0 Å². The summed E-state index contributed by atoms with van der Waals surface area (Å²) in [5.74, 6) is 1.05. The van der Waals surface area contributed by atoms with E-state index in [1.165, 1.54) is 30.5 Å². The second-order valence-electron chi connectivity index (χ2n) is 8.14. The fourth-order valence-electron chi connectivity index (χ4n) is 4.55. The Kier molecular flexibility index (Phi) is 8.81. The molecular weight excluding hydrogens is 475 g/mol. The van der Waals surface area contributed by atoms with Gasteiger partial charge in [0, 0.05) is 32.2 Å². The summed E-state index contributed by atoms with van der Waals surface area (Å²) in [5.41, 5.74) is 2.84. The average Bonchev–Trinajstić information content (AvgIpc) is 3.20. The number of aliphatic imine (C=N–C) groups is 1. The second kappa shape index (κ2) is 11.3. The van der Waals surface area contributed by atoms with Crippen molar-refractivity contribution in [3.05, 3.63) is 41.5 Å². The zero-order valence-corrected chi connectivity index (χ0v) is 19.9. The molecule has 1 aromatic rings. The van der Waals surface area contributed by atoms with Gasteiger partial charge in [-0.15, -0.1) is 24.0 Å². The number of ether oxygens (including phenoxy) is 1. The number of nitrogens with one attached hydrogen (secondary N) is 1. The lowest BCUT2D eigenvalue weighted by Crippen LogP contribution is -2.48. The molecule has 6 heteroatoms. The number of guanidine groups is 1. The number of likely N-dealkylation sites (tertiary alicyclic amines) is 1. The normalized spacial score (nSPS) is 25.3. The van der Waals surface area contributed by atoms with Gasteiger partial charge in [-0.1, -0.05) is 42.0 Å². The number of rotatable bonds is 4. The van der Waals surface area contributed by atoms with Crippen molar-refractivity contribution in [2.45, 2.75) is 44.8 Å². The lowest BCUT2D eigenvalue weighted by molar-refractivity contribution is -0.0432. The van der Waals surface area contributed by atoms with E-state index in [9.17, 15) is 0 Å². The van der Waals surface area contributed by atoms with Crippen molar-refractivity contribution in [1.29, 1.82) is 0 Å². The van der Waals surface area contributed by atoms with E-state index >= 15 is 0 Å². The highest BCUT2D eigenvalue weighted by Gasteiger charge is 2.32. The topological polar surface area (TPSA) is 40.1 Å². The fraction of sp³-hybridized carbons (Fsp3) is 0.609. The zero-order valence-electron chi connectivity index (χ0n) is 17.6. The maximum absolute atomic E-state index is 6.09. The molecule has 3 aliphatic rings. The van der Waals surface area contributed by atoms with E-state index in [1.54, 1.807) is 0 Å². The summed E-state index contributed by atoms with van der Waals surface area (Å²) < 4.78 is 6.09. The Hall–Kier alpha value is -1.12. The minimum atomic E-state index is 0. The van der Waals surface area contributed by atoms with Crippen LogP contribution in [0.5, 0.6) is 0 Å². The highest BCUT2D eigenvalue weighted by Crippen LogP contribution is 2.23. The molecule has 160 valence electrons. The highest BCUT2D eigenvalue weighted by molar-refractivity contribution is 14.0. The minimum Gasteiger partial charge on any atom is -0.373 e. The van der Waals surface area contributed by atoms with E-state index in [0.29, 0.717) is 6.04 Å². The van der Waals surface area contributed by atoms with Gasteiger partial charge < -0.3 is 15.0 Å². The van der Waals surface area contributed by atoms with Gasteiger partial charge in [0.25, 0.3) is 0 Å². The van der Waals surface area contributed by atoms with Crippen molar-refractivity contribution in [2.75, 3.05) is 45.9 Å². The van der Waals surface area contributed by atoms with Gasteiger partial charge in [-0.25, -0.2) is 0 Å². The van der Waals surface area contributed by atoms with E-state index < -0.39 is 0 Å². The number of hydrogen-bond donors (Lipinski definition) is 1.